The van der Waals surface area contributed by atoms with Crippen LogP contribution < -0.4 is 5.32 Å². The molecular formula is C10H10N4O2. The third-order valence-electron chi connectivity index (χ3n) is 2.09. The summed E-state index contributed by atoms with van der Waals surface area (Å²) in [6, 6.07) is 6.30. The largest absolute Gasteiger partial charge is 0.507 e. The van der Waals surface area contributed by atoms with E-state index in [0.717, 1.165) is 0 Å². The van der Waals surface area contributed by atoms with Crippen LogP contribution in [-0.4, -0.2) is 25.8 Å². The van der Waals surface area contributed by atoms with E-state index in [1.54, 1.807) is 19.2 Å². The van der Waals surface area contributed by atoms with E-state index in [1.165, 1.54) is 23.1 Å². The van der Waals surface area contributed by atoms with E-state index in [1.807, 2.05) is 0 Å². The van der Waals surface area contributed by atoms with Crippen molar-refractivity contribution in [1.29, 1.82) is 0 Å². The zero-order chi connectivity index (χ0) is 11.5. The SMILES string of the molecule is Cn1ncnc1NC(=O)c1ccccc1O. The topological polar surface area (TPSA) is 80.0 Å². The zero-order valence-electron chi connectivity index (χ0n) is 8.58. The summed E-state index contributed by atoms with van der Waals surface area (Å²) in [6.07, 6.45) is 1.33. The van der Waals surface area contributed by atoms with Gasteiger partial charge in [0.05, 0.1) is 5.56 Å². The fraction of sp³-hybridized carbons (Fsp3) is 0.100. The molecule has 6 heteroatoms. The summed E-state index contributed by atoms with van der Waals surface area (Å²) in [5.41, 5.74) is 0.200. The molecule has 0 aliphatic rings. The Morgan fingerprint density at radius 1 is 1.44 bits per heavy atom. The molecule has 1 heterocycles. The lowest BCUT2D eigenvalue weighted by atomic mass is 10.2. The number of rotatable bonds is 2. The van der Waals surface area contributed by atoms with E-state index in [0.29, 0.717) is 5.95 Å². The molecule has 0 radical (unpaired) electrons. The van der Waals surface area contributed by atoms with E-state index in [9.17, 15) is 9.90 Å². The Bertz CT molecular complexity index is 521. The van der Waals surface area contributed by atoms with Gasteiger partial charge in [-0.15, -0.1) is 0 Å². The summed E-state index contributed by atoms with van der Waals surface area (Å²) in [7, 11) is 1.66. The average Bonchev–Trinajstić information content (AvgIpc) is 2.65. The maximum absolute atomic E-state index is 11.7. The highest BCUT2D eigenvalue weighted by atomic mass is 16.3. The summed E-state index contributed by atoms with van der Waals surface area (Å²) >= 11 is 0. The van der Waals surface area contributed by atoms with Gasteiger partial charge in [-0.3, -0.25) is 10.1 Å². The van der Waals surface area contributed by atoms with Crippen LogP contribution in [0.3, 0.4) is 0 Å². The number of aromatic hydroxyl groups is 1. The van der Waals surface area contributed by atoms with Crippen molar-refractivity contribution in [2.24, 2.45) is 7.05 Å². The van der Waals surface area contributed by atoms with E-state index < -0.39 is 5.91 Å². The van der Waals surface area contributed by atoms with Crippen molar-refractivity contribution < 1.29 is 9.90 Å². The summed E-state index contributed by atoms with van der Waals surface area (Å²) in [5.74, 6) is -0.162. The number of para-hydroxylation sites is 1. The van der Waals surface area contributed by atoms with Crippen LogP contribution >= 0.6 is 0 Å². The van der Waals surface area contributed by atoms with Crippen LogP contribution in [0.15, 0.2) is 30.6 Å². The van der Waals surface area contributed by atoms with Crippen LogP contribution in [0.5, 0.6) is 5.75 Å². The number of carbonyl (C=O) groups is 1. The van der Waals surface area contributed by atoms with Crippen molar-refractivity contribution >= 4 is 11.9 Å². The second-order valence-electron chi connectivity index (χ2n) is 3.18. The van der Waals surface area contributed by atoms with Crippen molar-refractivity contribution in [2.45, 2.75) is 0 Å². The molecule has 2 N–H and O–H groups in total. The van der Waals surface area contributed by atoms with Crippen LogP contribution in [0.4, 0.5) is 5.95 Å². The summed E-state index contributed by atoms with van der Waals surface area (Å²) in [4.78, 5) is 15.6. The molecule has 0 aliphatic heterocycles. The van der Waals surface area contributed by atoms with Crippen molar-refractivity contribution in [1.82, 2.24) is 14.8 Å². The second kappa shape index (κ2) is 4.01. The van der Waals surface area contributed by atoms with E-state index in [4.69, 9.17) is 0 Å². The maximum atomic E-state index is 11.7. The molecular weight excluding hydrogens is 208 g/mol. The number of carbonyl (C=O) groups excluding carboxylic acids is 1. The Hall–Kier alpha value is -2.37. The predicted octanol–water partition coefficient (Wildman–Crippen LogP) is 0.773. The fourth-order valence-electron chi connectivity index (χ4n) is 1.24. The van der Waals surface area contributed by atoms with E-state index >= 15 is 0 Å². The number of phenols is 1. The minimum absolute atomic E-state index is 0.0674. The Morgan fingerprint density at radius 3 is 2.81 bits per heavy atom. The zero-order valence-corrected chi connectivity index (χ0v) is 8.58. The molecule has 1 aromatic carbocycles. The molecule has 82 valence electrons. The molecule has 0 unspecified atom stereocenters. The number of amides is 1. The third kappa shape index (κ3) is 1.85. The fourth-order valence-corrected chi connectivity index (χ4v) is 1.24. The lowest BCUT2D eigenvalue weighted by molar-refractivity contribution is 0.102. The van der Waals surface area contributed by atoms with Gasteiger partial charge in [0, 0.05) is 7.05 Å². The number of nitrogens with one attached hydrogen (secondary N) is 1. The van der Waals surface area contributed by atoms with Gasteiger partial charge >= 0.3 is 0 Å². The quantitative estimate of drug-likeness (QED) is 0.780. The molecule has 0 saturated heterocycles. The number of aryl methyl sites for hydroxylation is 1. The Morgan fingerprint density at radius 2 is 2.19 bits per heavy atom. The number of aromatic nitrogens is 3. The Kier molecular flexibility index (Phi) is 2.55. The summed E-state index contributed by atoms with van der Waals surface area (Å²) in [6.45, 7) is 0. The van der Waals surface area contributed by atoms with Gasteiger partial charge < -0.3 is 5.11 Å². The number of hydrogen-bond donors (Lipinski definition) is 2. The first kappa shape index (κ1) is 10.2. The molecule has 0 bridgehead atoms. The van der Waals surface area contributed by atoms with Crippen LogP contribution in [-0.2, 0) is 7.05 Å². The van der Waals surface area contributed by atoms with Crippen LogP contribution in [0.2, 0.25) is 0 Å². The number of hydrogen-bond acceptors (Lipinski definition) is 4. The first-order chi connectivity index (χ1) is 7.68. The summed E-state index contributed by atoms with van der Waals surface area (Å²) < 4.78 is 1.43. The second-order valence-corrected chi connectivity index (χ2v) is 3.18. The number of phenolic OH excluding ortho intramolecular Hbond substituents is 1. The van der Waals surface area contributed by atoms with Gasteiger partial charge in [0.2, 0.25) is 5.95 Å². The number of anilines is 1. The monoisotopic (exact) mass is 218 g/mol. The van der Waals surface area contributed by atoms with Gasteiger partial charge in [0.1, 0.15) is 12.1 Å². The van der Waals surface area contributed by atoms with Crippen LogP contribution in [0.1, 0.15) is 10.4 Å². The minimum atomic E-state index is -0.422. The molecule has 0 saturated carbocycles. The van der Waals surface area contributed by atoms with Gasteiger partial charge in [-0.1, -0.05) is 12.1 Å². The summed E-state index contributed by atoms with van der Waals surface area (Å²) in [5, 5.41) is 15.8. The molecule has 6 nitrogen and oxygen atoms in total. The maximum Gasteiger partial charge on any atom is 0.261 e. The third-order valence-corrected chi connectivity index (χ3v) is 2.09. The number of benzene rings is 1. The highest BCUT2D eigenvalue weighted by Crippen LogP contribution is 2.16. The molecule has 0 atom stereocenters. The lowest BCUT2D eigenvalue weighted by Crippen LogP contribution is -2.15. The molecule has 1 aromatic heterocycles. The minimum Gasteiger partial charge on any atom is -0.507 e. The van der Waals surface area contributed by atoms with Gasteiger partial charge in [-0.05, 0) is 12.1 Å². The van der Waals surface area contributed by atoms with Gasteiger partial charge in [0.15, 0.2) is 0 Å². The first-order valence-corrected chi connectivity index (χ1v) is 4.62. The van der Waals surface area contributed by atoms with E-state index in [2.05, 4.69) is 15.4 Å². The highest BCUT2D eigenvalue weighted by molar-refractivity contribution is 6.05. The van der Waals surface area contributed by atoms with E-state index in [-0.39, 0.29) is 11.3 Å². The molecule has 2 aromatic rings. The standard InChI is InChI=1S/C10H10N4O2/c1-14-10(11-6-12-14)13-9(16)7-4-2-3-5-8(7)15/h2-6,15H,1H3,(H,11,12,13,16). The molecule has 1 amide bonds. The Balaban J connectivity index is 2.22. The first-order valence-electron chi connectivity index (χ1n) is 4.62. The van der Waals surface area contributed by atoms with Crippen molar-refractivity contribution in [3.05, 3.63) is 36.2 Å². The molecule has 0 aliphatic carbocycles. The predicted molar refractivity (Wildman–Crippen MR) is 57.1 cm³/mol. The van der Waals surface area contributed by atoms with Gasteiger partial charge in [-0.25, -0.2) is 4.68 Å². The highest BCUT2D eigenvalue weighted by Gasteiger charge is 2.12. The smallest absolute Gasteiger partial charge is 0.261 e. The lowest BCUT2D eigenvalue weighted by Gasteiger charge is -2.04. The van der Waals surface area contributed by atoms with Crippen molar-refractivity contribution in [2.75, 3.05) is 5.32 Å². The van der Waals surface area contributed by atoms with Gasteiger partial charge in [0.25, 0.3) is 5.91 Å². The number of nitrogens with zero attached hydrogens (tertiary/aromatic N) is 3. The van der Waals surface area contributed by atoms with Crippen molar-refractivity contribution in [3.8, 4) is 5.75 Å². The molecule has 16 heavy (non-hydrogen) atoms. The average molecular weight is 218 g/mol. The van der Waals surface area contributed by atoms with Crippen molar-refractivity contribution in [3.63, 3.8) is 0 Å². The Labute approximate surface area is 91.6 Å². The molecule has 0 fully saturated rings. The van der Waals surface area contributed by atoms with Crippen LogP contribution in [0.25, 0.3) is 0 Å². The molecule has 2 rings (SSSR count). The molecule has 0 spiro atoms. The van der Waals surface area contributed by atoms with Crippen LogP contribution in [0, 0.1) is 0 Å². The van der Waals surface area contributed by atoms with Gasteiger partial charge in [-0.2, -0.15) is 10.1 Å². The normalized spacial score (nSPS) is 10.1.